The van der Waals surface area contributed by atoms with E-state index in [-0.39, 0.29) is 11.3 Å². The van der Waals surface area contributed by atoms with E-state index in [0.29, 0.717) is 37.5 Å². The number of nitrogens with zero attached hydrogens (tertiary/aromatic N) is 1. The molecular weight excluding hydrogens is 432 g/mol. The molecule has 0 radical (unpaired) electrons. The van der Waals surface area contributed by atoms with E-state index in [4.69, 9.17) is 9.47 Å². The van der Waals surface area contributed by atoms with Crippen molar-refractivity contribution in [1.82, 2.24) is 9.88 Å². The van der Waals surface area contributed by atoms with Gasteiger partial charge in [-0.3, -0.25) is 9.59 Å². The molecule has 1 fully saturated rings. The second kappa shape index (κ2) is 9.73. The van der Waals surface area contributed by atoms with Gasteiger partial charge in [0.05, 0.1) is 18.2 Å². The predicted octanol–water partition coefficient (Wildman–Crippen LogP) is 4.64. The summed E-state index contributed by atoms with van der Waals surface area (Å²) in [6.45, 7) is 7.03. The van der Waals surface area contributed by atoms with E-state index in [1.807, 2.05) is 45.0 Å². The Hall–Kier alpha value is -3.58. The lowest BCUT2D eigenvalue weighted by atomic mass is 9.93. The summed E-state index contributed by atoms with van der Waals surface area (Å²) in [5.74, 6) is -0.775. The van der Waals surface area contributed by atoms with Crippen molar-refractivity contribution in [3.8, 4) is 5.75 Å². The van der Waals surface area contributed by atoms with Crippen LogP contribution in [0.5, 0.6) is 5.75 Å². The van der Waals surface area contributed by atoms with Crippen LogP contribution in [0.1, 0.15) is 41.8 Å². The minimum absolute atomic E-state index is 0.0961. The normalized spacial score (nSPS) is 17.6. The molecule has 0 aliphatic carbocycles. The molecule has 1 aliphatic rings. The highest BCUT2D eigenvalue weighted by Gasteiger charge is 2.47. The van der Waals surface area contributed by atoms with E-state index >= 15 is 0 Å². The molecule has 1 aliphatic heterocycles. The van der Waals surface area contributed by atoms with Crippen LogP contribution in [-0.2, 0) is 14.3 Å². The standard InChI is InChI=1S/C27H30N2O5/c1-5-34-21-12-11-18(15-16(21)2)25(30)23-24(29(13-8-14-33-4)27(32)26(23)31)22-17(3)28-20-10-7-6-9-19(20)22/h6-7,9-12,15,24,28,30H,5,8,13-14H2,1-4H3/b25-23+. The van der Waals surface area contributed by atoms with Gasteiger partial charge in [-0.15, -0.1) is 0 Å². The van der Waals surface area contributed by atoms with Crippen molar-refractivity contribution >= 4 is 28.4 Å². The van der Waals surface area contributed by atoms with Crippen molar-refractivity contribution in [3.05, 3.63) is 70.4 Å². The van der Waals surface area contributed by atoms with E-state index in [0.717, 1.165) is 27.7 Å². The quantitative estimate of drug-likeness (QED) is 0.220. The van der Waals surface area contributed by atoms with Crippen molar-refractivity contribution in [2.45, 2.75) is 33.2 Å². The first kappa shape index (κ1) is 23.6. The van der Waals surface area contributed by atoms with E-state index in [9.17, 15) is 14.7 Å². The maximum atomic E-state index is 13.3. The molecule has 1 atom stereocenters. The van der Waals surface area contributed by atoms with Crippen molar-refractivity contribution in [2.24, 2.45) is 0 Å². The number of para-hydroxylation sites is 1. The van der Waals surface area contributed by atoms with Gasteiger partial charge in [0.25, 0.3) is 11.7 Å². The molecule has 1 amide bonds. The first-order valence-corrected chi connectivity index (χ1v) is 11.5. The third kappa shape index (κ3) is 4.07. The molecule has 1 aromatic heterocycles. The number of methoxy groups -OCH3 is 1. The van der Waals surface area contributed by atoms with Crippen LogP contribution in [0.2, 0.25) is 0 Å². The molecule has 0 spiro atoms. The molecule has 178 valence electrons. The second-order valence-corrected chi connectivity index (χ2v) is 8.46. The number of benzene rings is 2. The Balaban J connectivity index is 1.90. The molecule has 4 rings (SSSR count). The number of hydrogen-bond donors (Lipinski definition) is 2. The Kier molecular flexibility index (Phi) is 6.75. The first-order valence-electron chi connectivity index (χ1n) is 11.5. The number of amides is 1. The van der Waals surface area contributed by atoms with Gasteiger partial charge in [-0.25, -0.2) is 0 Å². The van der Waals surface area contributed by atoms with Crippen LogP contribution >= 0.6 is 0 Å². The lowest BCUT2D eigenvalue weighted by Gasteiger charge is -2.25. The van der Waals surface area contributed by atoms with E-state index < -0.39 is 17.7 Å². The molecule has 34 heavy (non-hydrogen) atoms. The minimum Gasteiger partial charge on any atom is -0.507 e. The fraction of sp³-hybridized carbons (Fsp3) is 0.333. The summed E-state index contributed by atoms with van der Waals surface area (Å²) in [5.41, 5.74) is 3.97. The Morgan fingerprint density at radius 3 is 2.62 bits per heavy atom. The number of ether oxygens (including phenoxy) is 2. The highest BCUT2D eigenvalue weighted by atomic mass is 16.5. The number of aryl methyl sites for hydroxylation is 2. The number of carbonyl (C=O) groups is 2. The van der Waals surface area contributed by atoms with Gasteiger partial charge in [-0.05, 0) is 57.0 Å². The van der Waals surface area contributed by atoms with Gasteiger partial charge < -0.3 is 24.5 Å². The number of Topliss-reactive ketones (excluding diaryl/α,β-unsaturated/α-hetero) is 1. The first-order chi connectivity index (χ1) is 16.4. The van der Waals surface area contributed by atoms with Crippen LogP contribution in [0.25, 0.3) is 16.7 Å². The van der Waals surface area contributed by atoms with E-state index in [1.165, 1.54) is 0 Å². The highest BCUT2D eigenvalue weighted by molar-refractivity contribution is 6.46. The van der Waals surface area contributed by atoms with Crippen LogP contribution in [-0.4, -0.2) is 53.5 Å². The Morgan fingerprint density at radius 1 is 1.15 bits per heavy atom. The highest BCUT2D eigenvalue weighted by Crippen LogP contribution is 2.43. The monoisotopic (exact) mass is 462 g/mol. The summed E-state index contributed by atoms with van der Waals surface area (Å²) in [4.78, 5) is 31.4. The number of aliphatic hydroxyl groups excluding tert-OH is 1. The molecule has 3 aromatic rings. The Morgan fingerprint density at radius 2 is 1.91 bits per heavy atom. The van der Waals surface area contributed by atoms with Gasteiger partial charge in [0, 0.05) is 48.0 Å². The zero-order chi connectivity index (χ0) is 24.4. The van der Waals surface area contributed by atoms with Gasteiger partial charge in [-0.2, -0.15) is 0 Å². The minimum atomic E-state index is -0.708. The molecular formula is C27H30N2O5. The molecule has 0 saturated carbocycles. The molecule has 2 N–H and O–H groups in total. The van der Waals surface area contributed by atoms with Crippen LogP contribution in [0.3, 0.4) is 0 Å². The predicted molar refractivity (Wildman–Crippen MR) is 131 cm³/mol. The molecule has 1 saturated heterocycles. The zero-order valence-corrected chi connectivity index (χ0v) is 20.0. The number of rotatable bonds is 8. The van der Waals surface area contributed by atoms with E-state index in [2.05, 4.69) is 4.98 Å². The van der Waals surface area contributed by atoms with Gasteiger partial charge in [0.15, 0.2) is 0 Å². The molecule has 0 bridgehead atoms. The molecule has 2 aromatic carbocycles. The number of fused-ring (bicyclic) bond motifs is 1. The fourth-order valence-corrected chi connectivity index (χ4v) is 4.71. The van der Waals surface area contributed by atoms with Gasteiger partial charge >= 0.3 is 0 Å². The summed E-state index contributed by atoms with van der Waals surface area (Å²) >= 11 is 0. The zero-order valence-electron chi connectivity index (χ0n) is 20.0. The number of H-pyrrole nitrogens is 1. The molecule has 7 heteroatoms. The summed E-state index contributed by atoms with van der Waals surface area (Å²) in [6, 6.07) is 12.3. The number of ketones is 1. The van der Waals surface area contributed by atoms with Crippen LogP contribution in [0, 0.1) is 13.8 Å². The maximum absolute atomic E-state index is 13.3. The lowest BCUT2D eigenvalue weighted by molar-refractivity contribution is -0.140. The topological polar surface area (TPSA) is 91.9 Å². The van der Waals surface area contributed by atoms with Crippen LogP contribution in [0.4, 0.5) is 0 Å². The third-order valence-electron chi connectivity index (χ3n) is 6.25. The molecule has 7 nitrogen and oxygen atoms in total. The average Bonchev–Trinajstić information content (AvgIpc) is 3.27. The van der Waals surface area contributed by atoms with Crippen molar-refractivity contribution < 1.29 is 24.2 Å². The Labute approximate surface area is 199 Å². The number of aromatic amines is 1. The van der Waals surface area contributed by atoms with E-state index in [1.54, 1.807) is 30.2 Å². The smallest absolute Gasteiger partial charge is 0.295 e. The lowest BCUT2D eigenvalue weighted by Crippen LogP contribution is -2.31. The van der Waals surface area contributed by atoms with Crippen LogP contribution < -0.4 is 4.74 Å². The van der Waals surface area contributed by atoms with Crippen molar-refractivity contribution in [1.29, 1.82) is 0 Å². The van der Waals surface area contributed by atoms with Gasteiger partial charge in [0.2, 0.25) is 0 Å². The number of aromatic nitrogens is 1. The third-order valence-corrected chi connectivity index (χ3v) is 6.25. The Bertz CT molecular complexity index is 1270. The average molecular weight is 463 g/mol. The molecule has 1 unspecified atom stereocenters. The summed E-state index contributed by atoms with van der Waals surface area (Å²) in [7, 11) is 1.60. The number of carbonyl (C=O) groups excluding carboxylic acids is 2. The summed E-state index contributed by atoms with van der Waals surface area (Å²) in [5, 5.41) is 12.3. The summed E-state index contributed by atoms with van der Waals surface area (Å²) < 4.78 is 10.8. The van der Waals surface area contributed by atoms with Gasteiger partial charge in [-0.1, -0.05) is 18.2 Å². The van der Waals surface area contributed by atoms with Crippen LogP contribution in [0.15, 0.2) is 48.0 Å². The van der Waals surface area contributed by atoms with Crippen molar-refractivity contribution in [3.63, 3.8) is 0 Å². The second-order valence-electron chi connectivity index (χ2n) is 8.46. The SMILES string of the molecule is CCOc1ccc(/C(O)=C2\C(=O)C(=O)N(CCCOC)C2c2c(C)[nH]c3ccccc23)cc1C. The largest absolute Gasteiger partial charge is 0.507 e. The number of likely N-dealkylation sites (tertiary alicyclic amines) is 1. The fourth-order valence-electron chi connectivity index (χ4n) is 4.71. The van der Waals surface area contributed by atoms with Gasteiger partial charge in [0.1, 0.15) is 11.5 Å². The van der Waals surface area contributed by atoms with Crippen molar-refractivity contribution in [2.75, 3.05) is 26.9 Å². The number of aliphatic hydroxyl groups is 1. The molecule has 2 heterocycles. The number of hydrogen-bond acceptors (Lipinski definition) is 5. The number of nitrogens with one attached hydrogen (secondary N) is 1. The maximum Gasteiger partial charge on any atom is 0.295 e. The summed E-state index contributed by atoms with van der Waals surface area (Å²) in [6.07, 6.45) is 0.573.